The number of ether oxygens (including phenoxy) is 1. The fourth-order valence-corrected chi connectivity index (χ4v) is 3.63. The van der Waals surface area contributed by atoms with Gasteiger partial charge in [-0.2, -0.15) is 0 Å². The molecule has 0 saturated carbocycles. The highest BCUT2D eigenvalue weighted by atomic mass is 32.1. The van der Waals surface area contributed by atoms with Crippen molar-refractivity contribution in [2.45, 2.75) is 19.3 Å². The number of aliphatic hydroxyl groups excluding tert-OH is 1. The van der Waals surface area contributed by atoms with E-state index in [1.807, 2.05) is 55.6 Å². The van der Waals surface area contributed by atoms with Crippen LogP contribution < -0.4 is 0 Å². The van der Waals surface area contributed by atoms with Gasteiger partial charge in [0.15, 0.2) is 0 Å². The van der Waals surface area contributed by atoms with Gasteiger partial charge < -0.3 is 9.84 Å². The van der Waals surface area contributed by atoms with E-state index in [-0.39, 0.29) is 0 Å². The Balaban J connectivity index is 1.43. The molecule has 1 heterocycles. The van der Waals surface area contributed by atoms with Crippen LogP contribution in [0.4, 0.5) is 0 Å². The number of benzene rings is 2. The van der Waals surface area contributed by atoms with E-state index in [2.05, 4.69) is 16.0 Å². The first kappa shape index (κ1) is 17.0. The zero-order valence-corrected chi connectivity index (χ0v) is 14.6. The third-order valence-electron chi connectivity index (χ3n) is 3.69. The Kier molecular flexibility index (Phi) is 5.93. The molecule has 126 valence electrons. The van der Waals surface area contributed by atoms with Gasteiger partial charge in [0, 0.05) is 6.54 Å². The van der Waals surface area contributed by atoms with Crippen molar-refractivity contribution in [3.8, 4) is 0 Å². The summed E-state index contributed by atoms with van der Waals surface area (Å²) in [5.41, 5.74) is 2.16. The van der Waals surface area contributed by atoms with Crippen LogP contribution in [0.2, 0.25) is 0 Å². The summed E-state index contributed by atoms with van der Waals surface area (Å²) in [6, 6.07) is 18.1. The van der Waals surface area contributed by atoms with Crippen LogP contribution in [0, 0.1) is 0 Å². The molecule has 0 spiro atoms. The molecular formula is C19H22N2O2S. The van der Waals surface area contributed by atoms with Crippen LogP contribution in [0.3, 0.4) is 0 Å². The summed E-state index contributed by atoms with van der Waals surface area (Å²) in [6.07, 6.45) is -0.506. The standard InChI is InChI=1S/C19H22N2O2S/c1-21(12-19-20-17-9-5-6-10-18(17)24-19)11-16(22)14-23-13-15-7-3-2-4-8-15/h2-10,16,22H,11-14H2,1H3. The molecule has 0 amide bonds. The Morgan fingerprint density at radius 3 is 2.67 bits per heavy atom. The zero-order valence-electron chi connectivity index (χ0n) is 13.8. The van der Waals surface area contributed by atoms with Crippen LogP contribution in [0.25, 0.3) is 10.2 Å². The van der Waals surface area contributed by atoms with Crippen molar-refractivity contribution in [2.75, 3.05) is 20.2 Å². The molecule has 1 aromatic heterocycles. The number of rotatable bonds is 8. The van der Waals surface area contributed by atoms with E-state index in [9.17, 15) is 5.11 Å². The SMILES string of the molecule is CN(Cc1nc2ccccc2s1)CC(O)COCc1ccccc1. The van der Waals surface area contributed by atoms with Gasteiger partial charge in [-0.15, -0.1) is 11.3 Å². The predicted octanol–water partition coefficient (Wildman–Crippen LogP) is 3.31. The maximum atomic E-state index is 10.1. The van der Waals surface area contributed by atoms with Crippen LogP contribution in [0.5, 0.6) is 0 Å². The smallest absolute Gasteiger partial charge is 0.108 e. The van der Waals surface area contributed by atoms with Gasteiger partial charge >= 0.3 is 0 Å². The Hall–Kier alpha value is -1.79. The van der Waals surface area contributed by atoms with E-state index in [0.29, 0.717) is 19.8 Å². The molecule has 0 radical (unpaired) electrons. The maximum Gasteiger partial charge on any atom is 0.108 e. The summed E-state index contributed by atoms with van der Waals surface area (Å²) in [6.45, 7) is 2.15. The monoisotopic (exact) mass is 342 g/mol. The Bertz CT molecular complexity index is 727. The fraction of sp³-hybridized carbons (Fsp3) is 0.316. The van der Waals surface area contributed by atoms with Crippen molar-refractivity contribution in [1.29, 1.82) is 0 Å². The molecule has 24 heavy (non-hydrogen) atoms. The van der Waals surface area contributed by atoms with Gasteiger partial charge in [0.2, 0.25) is 0 Å². The van der Waals surface area contributed by atoms with E-state index in [0.717, 1.165) is 22.6 Å². The normalized spacial score (nSPS) is 12.8. The first-order chi connectivity index (χ1) is 11.7. The van der Waals surface area contributed by atoms with Crippen LogP contribution in [-0.2, 0) is 17.9 Å². The van der Waals surface area contributed by atoms with E-state index < -0.39 is 6.10 Å². The van der Waals surface area contributed by atoms with E-state index in [1.165, 1.54) is 4.70 Å². The van der Waals surface area contributed by atoms with Gasteiger partial charge in [0.05, 0.1) is 36.1 Å². The van der Waals surface area contributed by atoms with Crippen molar-refractivity contribution in [3.05, 3.63) is 65.2 Å². The minimum atomic E-state index is -0.506. The lowest BCUT2D eigenvalue weighted by Gasteiger charge is -2.19. The van der Waals surface area contributed by atoms with E-state index in [4.69, 9.17) is 4.74 Å². The number of thiazole rings is 1. The number of hydrogen-bond acceptors (Lipinski definition) is 5. The Labute approximate surface area is 146 Å². The molecule has 0 aliphatic heterocycles. The molecule has 0 aliphatic rings. The van der Waals surface area contributed by atoms with Gasteiger partial charge in [-0.05, 0) is 24.7 Å². The molecule has 1 unspecified atom stereocenters. The van der Waals surface area contributed by atoms with Gasteiger partial charge in [-0.25, -0.2) is 4.98 Å². The quantitative estimate of drug-likeness (QED) is 0.682. The number of nitrogens with zero attached hydrogens (tertiary/aromatic N) is 2. The van der Waals surface area contributed by atoms with Gasteiger partial charge in [0.25, 0.3) is 0 Å². The minimum Gasteiger partial charge on any atom is -0.389 e. The van der Waals surface area contributed by atoms with E-state index >= 15 is 0 Å². The second-order valence-electron chi connectivity index (χ2n) is 5.93. The molecule has 3 rings (SSSR count). The van der Waals surface area contributed by atoms with Crippen LogP contribution in [-0.4, -0.2) is 41.3 Å². The third kappa shape index (κ3) is 4.85. The molecule has 0 saturated heterocycles. The van der Waals surface area contributed by atoms with Crippen molar-refractivity contribution >= 4 is 21.6 Å². The van der Waals surface area contributed by atoms with Crippen molar-refractivity contribution in [1.82, 2.24) is 9.88 Å². The topological polar surface area (TPSA) is 45.6 Å². The summed E-state index contributed by atoms with van der Waals surface area (Å²) in [7, 11) is 1.99. The number of para-hydroxylation sites is 1. The molecule has 0 bridgehead atoms. The molecule has 0 aliphatic carbocycles. The lowest BCUT2D eigenvalue weighted by Crippen LogP contribution is -2.31. The number of aromatic nitrogens is 1. The summed E-state index contributed by atoms with van der Waals surface area (Å²) >= 11 is 1.70. The third-order valence-corrected chi connectivity index (χ3v) is 4.71. The Morgan fingerprint density at radius 2 is 1.88 bits per heavy atom. The van der Waals surface area contributed by atoms with Crippen LogP contribution in [0.1, 0.15) is 10.6 Å². The largest absolute Gasteiger partial charge is 0.389 e. The maximum absolute atomic E-state index is 10.1. The number of aliphatic hydroxyl groups is 1. The van der Waals surface area contributed by atoms with Gasteiger partial charge in [-0.1, -0.05) is 42.5 Å². The molecule has 1 N–H and O–H groups in total. The highest BCUT2D eigenvalue weighted by molar-refractivity contribution is 7.18. The number of fused-ring (bicyclic) bond motifs is 1. The minimum absolute atomic E-state index is 0.332. The second-order valence-corrected chi connectivity index (χ2v) is 7.04. The fourth-order valence-electron chi connectivity index (χ4n) is 2.58. The summed E-state index contributed by atoms with van der Waals surface area (Å²) in [5, 5.41) is 11.2. The number of likely N-dealkylation sites (N-methyl/N-ethyl adjacent to an activating group) is 1. The highest BCUT2D eigenvalue weighted by Crippen LogP contribution is 2.22. The lowest BCUT2D eigenvalue weighted by molar-refractivity contribution is 0.0127. The predicted molar refractivity (Wildman–Crippen MR) is 98.1 cm³/mol. The van der Waals surface area contributed by atoms with Crippen molar-refractivity contribution in [2.24, 2.45) is 0 Å². The van der Waals surface area contributed by atoms with Crippen LogP contribution in [0.15, 0.2) is 54.6 Å². The van der Waals surface area contributed by atoms with Gasteiger partial charge in [0.1, 0.15) is 5.01 Å². The Morgan fingerprint density at radius 1 is 1.12 bits per heavy atom. The molecule has 3 aromatic rings. The first-order valence-corrected chi connectivity index (χ1v) is 8.85. The van der Waals surface area contributed by atoms with Crippen LogP contribution >= 0.6 is 11.3 Å². The van der Waals surface area contributed by atoms with Crippen molar-refractivity contribution in [3.63, 3.8) is 0 Å². The first-order valence-electron chi connectivity index (χ1n) is 8.03. The average molecular weight is 342 g/mol. The molecule has 1 atom stereocenters. The van der Waals surface area contributed by atoms with E-state index in [1.54, 1.807) is 11.3 Å². The number of hydrogen-bond donors (Lipinski definition) is 1. The summed E-state index contributed by atoms with van der Waals surface area (Å²) in [5.74, 6) is 0. The molecule has 2 aromatic carbocycles. The zero-order chi connectivity index (χ0) is 16.8. The summed E-state index contributed by atoms with van der Waals surface area (Å²) in [4.78, 5) is 6.70. The summed E-state index contributed by atoms with van der Waals surface area (Å²) < 4.78 is 6.79. The molecule has 0 fully saturated rings. The average Bonchev–Trinajstić information content (AvgIpc) is 2.97. The highest BCUT2D eigenvalue weighted by Gasteiger charge is 2.11. The van der Waals surface area contributed by atoms with Gasteiger partial charge in [-0.3, -0.25) is 4.90 Å². The molecular weight excluding hydrogens is 320 g/mol. The van der Waals surface area contributed by atoms with Crippen molar-refractivity contribution < 1.29 is 9.84 Å². The molecule has 4 nitrogen and oxygen atoms in total. The second kappa shape index (κ2) is 8.35. The molecule has 5 heteroatoms. The lowest BCUT2D eigenvalue weighted by atomic mass is 10.2.